The van der Waals surface area contributed by atoms with Crippen LogP contribution in [0.1, 0.15) is 36.7 Å². The number of hydrazone groups is 1. The zero-order valence-corrected chi connectivity index (χ0v) is 14.4. The maximum absolute atomic E-state index is 12.3. The normalized spacial score (nSPS) is 11.3. The standard InChI is InChI=1S/C19H22N2O3/c1-13(2)24-17-11-10-16(12-18(17)23-4)19(22)21-20-14(3)15-8-6-5-7-9-15/h5-13H,1-4H3,(H,21,22)/b20-14+. The van der Waals surface area contributed by atoms with Crippen molar-refractivity contribution in [2.75, 3.05) is 7.11 Å². The van der Waals surface area contributed by atoms with Crippen molar-refractivity contribution in [3.8, 4) is 11.5 Å². The number of nitrogens with zero attached hydrogens (tertiary/aromatic N) is 1. The summed E-state index contributed by atoms with van der Waals surface area (Å²) in [6, 6.07) is 14.7. The third kappa shape index (κ3) is 4.59. The van der Waals surface area contributed by atoms with Gasteiger partial charge in [-0.2, -0.15) is 5.10 Å². The van der Waals surface area contributed by atoms with Crippen LogP contribution in [-0.2, 0) is 0 Å². The number of methoxy groups -OCH3 is 1. The second-order valence-electron chi connectivity index (χ2n) is 5.54. The molecule has 24 heavy (non-hydrogen) atoms. The van der Waals surface area contributed by atoms with Crippen molar-refractivity contribution in [2.45, 2.75) is 26.9 Å². The van der Waals surface area contributed by atoms with Gasteiger partial charge >= 0.3 is 0 Å². The van der Waals surface area contributed by atoms with Gasteiger partial charge in [-0.3, -0.25) is 4.79 Å². The topological polar surface area (TPSA) is 59.9 Å². The fourth-order valence-electron chi connectivity index (χ4n) is 2.10. The first kappa shape index (κ1) is 17.5. The summed E-state index contributed by atoms with van der Waals surface area (Å²) in [4.78, 5) is 12.3. The molecule has 2 aromatic rings. The average Bonchev–Trinajstić information content (AvgIpc) is 2.60. The van der Waals surface area contributed by atoms with Gasteiger partial charge in [0.25, 0.3) is 5.91 Å². The number of benzene rings is 2. The predicted octanol–water partition coefficient (Wildman–Crippen LogP) is 3.64. The first-order chi connectivity index (χ1) is 11.5. The van der Waals surface area contributed by atoms with E-state index >= 15 is 0 Å². The van der Waals surface area contributed by atoms with Crippen LogP contribution in [0, 0.1) is 0 Å². The summed E-state index contributed by atoms with van der Waals surface area (Å²) in [6.45, 7) is 5.71. The van der Waals surface area contributed by atoms with E-state index in [0.717, 1.165) is 11.3 Å². The van der Waals surface area contributed by atoms with Crippen LogP contribution in [-0.4, -0.2) is 24.8 Å². The Morgan fingerprint density at radius 1 is 1.04 bits per heavy atom. The van der Waals surface area contributed by atoms with Crippen LogP contribution in [0.4, 0.5) is 0 Å². The van der Waals surface area contributed by atoms with E-state index in [1.807, 2.05) is 51.1 Å². The lowest BCUT2D eigenvalue weighted by Crippen LogP contribution is -2.19. The highest BCUT2D eigenvalue weighted by atomic mass is 16.5. The van der Waals surface area contributed by atoms with Crippen LogP contribution in [0.25, 0.3) is 0 Å². The van der Waals surface area contributed by atoms with Crippen molar-refractivity contribution in [2.24, 2.45) is 5.10 Å². The van der Waals surface area contributed by atoms with Gasteiger partial charge in [-0.15, -0.1) is 0 Å². The second kappa shape index (κ2) is 8.15. The molecule has 0 spiro atoms. The summed E-state index contributed by atoms with van der Waals surface area (Å²) in [7, 11) is 1.54. The molecule has 0 aliphatic heterocycles. The van der Waals surface area contributed by atoms with Crippen molar-refractivity contribution >= 4 is 11.6 Å². The molecule has 2 aromatic carbocycles. The first-order valence-electron chi connectivity index (χ1n) is 7.76. The fourth-order valence-corrected chi connectivity index (χ4v) is 2.10. The quantitative estimate of drug-likeness (QED) is 0.651. The van der Waals surface area contributed by atoms with Crippen LogP contribution in [0.3, 0.4) is 0 Å². The maximum atomic E-state index is 12.3. The van der Waals surface area contributed by atoms with Crippen LogP contribution >= 0.6 is 0 Å². The van der Waals surface area contributed by atoms with Gasteiger partial charge in [0.2, 0.25) is 0 Å². The largest absolute Gasteiger partial charge is 0.493 e. The van der Waals surface area contributed by atoms with E-state index in [1.165, 1.54) is 0 Å². The average molecular weight is 326 g/mol. The molecule has 1 N–H and O–H groups in total. The van der Waals surface area contributed by atoms with Crippen LogP contribution in [0.5, 0.6) is 11.5 Å². The summed E-state index contributed by atoms with van der Waals surface area (Å²) in [5.41, 5.74) is 4.70. The van der Waals surface area contributed by atoms with Crippen molar-refractivity contribution in [3.63, 3.8) is 0 Å². The molecule has 0 aliphatic rings. The van der Waals surface area contributed by atoms with E-state index in [4.69, 9.17) is 9.47 Å². The molecule has 0 aliphatic carbocycles. The molecule has 2 rings (SSSR count). The minimum absolute atomic E-state index is 0.0247. The molecule has 5 heteroatoms. The van der Waals surface area contributed by atoms with E-state index in [9.17, 15) is 4.79 Å². The van der Waals surface area contributed by atoms with Crippen LogP contribution in [0.15, 0.2) is 53.6 Å². The Kier molecular flexibility index (Phi) is 5.95. The first-order valence-corrected chi connectivity index (χ1v) is 7.76. The summed E-state index contributed by atoms with van der Waals surface area (Å²) in [5, 5.41) is 4.14. The van der Waals surface area contributed by atoms with Crippen LogP contribution < -0.4 is 14.9 Å². The highest BCUT2D eigenvalue weighted by Crippen LogP contribution is 2.28. The number of hydrogen-bond donors (Lipinski definition) is 1. The lowest BCUT2D eigenvalue weighted by Gasteiger charge is -2.14. The van der Waals surface area contributed by atoms with Gasteiger partial charge in [0.15, 0.2) is 11.5 Å². The van der Waals surface area contributed by atoms with Gasteiger partial charge in [-0.1, -0.05) is 30.3 Å². The Labute approximate surface area is 142 Å². The molecule has 0 unspecified atom stereocenters. The van der Waals surface area contributed by atoms with Gasteiger partial charge in [0.05, 0.1) is 18.9 Å². The number of hydrogen-bond acceptors (Lipinski definition) is 4. The Morgan fingerprint density at radius 3 is 2.38 bits per heavy atom. The van der Waals surface area contributed by atoms with Gasteiger partial charge in [0.1, 0.15) is 0 Å². The van der Waals surface area contributed by atoms with Gasteiger partial charge in [-0.05, 0) is 44.5 Å². The Morgan fingerprint density at radius 2 is 1.75 bits per heavy atom. The lowest BCUT2D eigenvalue weighted by molar-refractivity contribution is 0.0954. The number of amides is 1. The molecule has 1 amide bonds. The molecule has 0 saturated heterocycles. The Balaban J connectivity index is 2.12. The van der Waals surface area contributed by atoms with E-state index in [0.29, 0.717) is 17.1 Å². The minimum atomic E-state index is -0.306. The highest BCUT2D eigenvalue weighted by molar-refractivity contribution is 6.00. The smallest absolute Gasteiger partial charge is 0.271 e. The molecule has 0 aromatic heterocycles. The van der Waals surface area contributed by atoms with E-state index < -0.39 is 0 Å². The molecule has 0 heterocycles. The van der Waals surface area contributed by atoms with Crippen molar-refractivity contribution in [1.82, 2.24) is 5.43 Å². The molecule has 0 bridgehead atoms. The zero-order chi connectivity index (χ0) is 17.5. The Bertz CT molecular complexity index is 725. The van der Waals surface area contributed by atoms with Gasteiger partial charge < -0.3 is 9.47 Å². The monoisotopic (exact) mass is 326 g/mol. The highest BCUT2D eigenvalue weighted by Gasteiger charge is 2.12. The molecule has 0 radical (unpaired) electrons. The number of carbonyl (C=O) groups excluding carboxylic acids is 1. The number of ether oxygens (including phenoxy) is 2. The van der Waals surface area contributed by atoms with E-state index in [2.05, 4.69) is 10.5 Å². The number of carbonyl (C=O) groups is 1. The van der Waals surface area contributed by atoms with Gasteiger partial charge in [0, 0.05) is 5.56 Å². The van der Waals surface area contributed by atoms with E-state index in [-0.39, 0.29) is 12.0 Å². The zero-order valence-electron chi connectivity index (χ0n) is 14.4. The molecule has 0 saturated carbocycles. The summed E-state index contributed by atoms with van der Waals surface area (Å²) in [5.74, 6) is 0.813. The molecular weight excluding hydrogens is 304 g/mol. The molecular formula is C19H22N2O3. The third-order valence-corrected chi connectivity index (χ3v) is 3.31. The lowest BCUT2D eigenvalue weighted by atomic mass is 10.1. The van der Waals surface area contributed by atoms with Crippen molar-refractivity contribution in [1.29, 1.82) is 0 Å². The number of rotatable bonds is 6. The molecule has 5 nitrogen and oxygen atoms in total. The summed E-state index contributed by atoms with van der Waals surface area (Å²) < 4.78 is 10.9. The Hall–Kier alpha value is -2.82. The summed E-state index contributed by atoms with van der Waals surface area (Å²) in [6.07, 6.45) is 0.0247. The summed E-state index contributed by atoms with van der Waals surface area (Å²) >= 11 is 0. The van der Waals surface area contributed by atoms with E-state index in [1.54, 1.807) is 25.3 Å². The maximum Gasteiger partial charge on any atom is 0.271 e. The van der Waals surface area contributed by atoms with Crippen LogP contribution in [0.2, 0.25) is 0 Å². The predicted molar refractivity (Wildman–Crippen MR) is 94.9 cm³/mol. The van der Waals surface area contributed by atoms with Gasteiger partial charge in [-0.25, -0.2) is 5.43 Å². The molecule has 126 valence electrons. The molecule has 0 atom stereocenters. The number of nitrogens with one attached hydrogen (secondary N) is 1. The SMILES string of the molecule is COc1cc(C(=O)N/N=C(\C)c2ccccc2)ccc1OC(C)C. The second-order valence-corrected chi connectivity index (χ2v) is 5.54. The van der Waals surface area contributed by atoms with Crippen molar-refractivity contribution in [3.05, 3.63) is 59.7 Å². The fraction of sp³-hybridized carbons (Fsp3) is 0.263. The van der Waals surface area contributed by atoms with Crippen molar-refractivity contribution < 1.29 is 14.3 Å². The third-order valence-electron chi connectivity index (χ3n) is 3.31. The minimum Gasteiger partial charge on any atom is -0.493 e. The molecule has 0 fully saturated rings.